The van der Waals surface area contributed by atoms with E-state index in [0.717, 1.165) is 0 Å². The van der Waals surface area contributed by atoms with Crippen molar-refractivity contribution in [3.63, 3.8) is 0 Å². The van der Waals surface area contributed by atoms with E-state index < -0.39 is 28.5 Å². The molecule has 0 aromatic heterocycles. The first-order valence-electron chi connectivity index (χ1n) is 5.41. The lowest BCUT2D eigenvalue weighted by atomic mass is 9.91. The van der Waals surface area contributed by atoms with E-state index in [1.54, 1.807) is 0 Å². The predicted octanol–water partition coefficient (Wildman–Crippen LogP) is -1.65. The molecule has 0 aromatic rings. The lowest BCUT2D eigenvalue weighted by Crippen LogP contribution is -2.47. The molecule has 10 heteroatoms. The van der Waals surface area contributed by atoms with Gasteiger partial charge in [0.15, 0.2) is 0 Å². The van der Waals surface area contributed by atoms with Gasteiger partial charge in [-0.3, -0.25) is 9.35 Å². The standard InChI is InChI=1S/C8H11N3O6S/c12-7-6-4(2-9-7)1-5-3-10(6)8(13)11(5)17-18(14,15)16/h4-6H,1-3H2,(H,9,12)(H,14,15,16)/t4-,5+,6-/m0/s1. The van der Waals surface area contributed by atoms with Crippen LogP contribution in [0, 0.1) is 5.92 Å². The van der Waals surface area contributed by atoms with Gasteiger partial charge in [-0.15, -0.1) is 4.28 Å². The SMILES string of the molecule is O=C1NC[C@@H]2C[C@@H]3CN(C(=O)N3OS(=O)(=O)O)[C@H]12. The van der Waals surface area contributed by atoms with Crippen LogP contribution in [0.5, 0.6) is 0 Å². The zero-order chi connectivity index (χ0) is 13.1. The molecular formula is C8H11N3O6S. The first-order valence-corrected chi connectivity index (χ1v) is 6.78. The zero-order valence-electron chi connectivity index (χ0n) is 9.14. The van der Waals surface area contributed by atoms with E-state index in [1.165, 1.54) is 4.90 Å². The molecule has 3 fully saturated rings. The maximum atomic E-state index is 11.9. The number of nitrogens with one attached hydrogen (secondary N) is 1. The van der Waals surface area contributed by atoms with Crippen molar-refractivity contribution in [3.8, 4) is 0 Å². The van der Waals surface area contributed by atoms with Crippen molar-refractivity contribution in [1.29, 1.82) is 0 Å². The number of piperidine rings is 1. The van der Waals surface area contributed by atoms with Gasteiger partial charge in [-0.05, 0) is 6.42 Å². The summed E-state index contributed by atoms with van der Waals surface area (Å²) in [6, 6.07) is -1.74. The summed E-state index contributed by atoms with van der Waals surface area (Å²) in [4.78, 5) is 24.8. The fourth-order valence-electron chi connectivity index (χ4n) is 2.88. The summed E-state index contributed by atoms with van der Waals surface area (Å²) in [7, 11) is -4.74. The van der Waals surface area contributed by atoms with Crippen molar-refractivity contribution in [2.45, 2.75) is 18.5 Å². The van der Waals surface area contributed by atoms with E-state index in [9.17, 15) is 18.0 Å². The number of hydrogen-bond donors (Lipinski definition) is 2. The predicted molar refractivity (Wildman–Crippen MR) is 55.3 cm³/mol. The second kappa shape index (κ2) is 3.56. The lowest BCUT2D eigenvalue weighted by Gasteiger charge is -2.30. The molecule has 3 aliphatic heterocycles. The number of hydroxylamine groups is 2. The largest absolute Gasteiger partial charge is 0.418 e. The highest BCUT2D eigenvalue weighted by Crippen LogP contribution is 2.36. The van der Waals surface area contributed by atoms with E-state index in [-0.39, 0.29) is 18.4 Å². The van der Waals surface area contributed by atoms with Crippen molar-refractivity contribution < 1.29 is 26.8 Å². The summed E-state index contributed by atoms with van der Waals surface area (Å²) in [5, 5.41) is 3.31. The van der Waals surface area contributed by atoms with Crippen molar-refractivity contribution >= 4 is 22.3 Å². The molecular weight excluding hydrogens is 266 g/mol. The topological polar surface area (TPSA) is 116 Å². The highest BCUT2D eigenvalue weighted by Gasteiger charge is 2.55. The summed E-state index contributed by atoms with van der Waals surface area (Å²) in [5.74, 6) is -0.282. The van der Waals surface area contributed by atoms with Crippen molar-refractivity contribution in [3.05, 3.63) is 0 Å². The van der Waals surface area contributed by atoms with E-state index >= 15 is 0 Å². The molecule has 2 bridgehead atoms. The molecule has 0 spiro atoms. The Hall–Kier alpha value is -1.39. The molecule has 3 aliphatic rings. The van der Waals surface area contributed by atoms with Crippen molar-refractivity contribution in [2.24, 2.45) is 5.92 Å². The van der Waals surface area contributed by atoms with Crippen LogP contribution in [-0.2, 0) is 19.5 Å². The number of fused-ring (bicyclic) bond motifs is 4. The fraction of sp³-hybridized carbons (Fsp3) is 0.750. The average Bonchev–Trinajstić information content (AvgIpc) is 2.73. The Bertz CT molecular complexity index is 519. The van der Waals surface area contributed by atoms with Crippen LogP contribution >= 0.6 is 0 Å². The van der Waals surface area contributed by atoms with Crippen LogP contribution in [0.4, 0.5) is 4.79 Å². The van der Waals surface area contributed by atoms with Gasteiger partial charge in [-0.25, -0.2) is 4.79 Å². The number of amides is 3. The molecule has 100 valence electrons. The molecule has 0 unspecified atom stereocenters. The lowest BCUT2D eigenvalue weighted by molar-refractivity contribution is -0.123. The Kier molecular flexibility index (Phi) is 2.31. The van der Waals surface area contributed by atoms with Gasteiger partial charge in [0.1, 0.15) is 6.04 Å². The quantitative estimate of drug-likeness (QED) is 0.584. The first-order chi connectivity index (χ1) is 8.37. The third kappa shape index (κ3) is 1.64. The summed E-state index contributed by atoms with van der Waals surface area (Å²) < 4.78 is 34.2. The summed E-state index contributed by atoms with van der Waals surface area (Å²) in [6.07, 6.45) is 0.459. The summed E-state index contributed by atoms with van der Waals surface area (Å²) in [6.45, 7) is 0.687. The molecule has 0 radical (unpaired) electrons. The van der Waals surface area contributed by atoms with Gasteiger partial charge in [0, 0.05) is 19.0 Å². The summed E-state index contributed by atoms with van der Waals surface area (Å²) in [5.41, 5.74) is 0. The minimum Gasteiger partial charge on any atom is -0.354 e. The number of rotatable bonds is 2. The number of nitrogens with zero attached hydrogens (tertiary/aromatic N) is 2. The van der Waals surface area contributed by atoms with Gasteiger partial charge in [0.05, 0.1) is 6.04 Å². The van der Waals surface area contributed by atoms with Gasteiger partial charge in [0.2, 0.25) is 5.91 Å². The summed E-state index contributed by atoms with van der Waals surface area (Å²) >= 11 is 0. The molecule has 3 atom stereocenters. The molecule has 2 N–H and O–H groups in total. The second-order valence-corrected chi connectivity index (χ2v) is 5.61. The monoisotopic (exact) mass is 277 g/mol. The fourth-order valence-corrected chi connectivity index (χ4v) is 3.27. The number of hydrogen-bond acceptors (Lipinski definition) is 5. The Morgan fingerprint density at radius 3 is 2.78 bits per heavy atom. The highest BCUT2D eigenvalue weighted by molar-refractivity contribution is 7.80. The van der Waals surface area contributed by atoms with Crippen LogP contribution in [0.1, 0.15) is 6.42 Å². The molecule has 3 heterocycles. The Balaban J connectivity index is 1.88. The molecule has 18 heavy (non-hydrogen) atoms. The van der Waals surface area contributed by atoms with Crippen LogP contribution in [0.2, 0.25) is 0 Å². The molecule has 3 saturated heterocycles. The van der Waals surface area contributed by atoms with Gasteiger partial charge in [0.25, 0.3) is 0 Å². The average molecular weight is 277 g/mol. The van der Waals surface area contributed by atoms with Crippen LogP contribution in [0.25, 0.3) is 0 Å². The first kappa shape index (κ1) is 11.7. The zero-order valence-corrected chi connectivity index (χ0v) is 9.96. The van der Waals surface area contributed by atoms with Gasteiger partial charge < -0.3 is 10.2 Å². The van der Waals surface area contributed by atoms with Crippen LogP contribution in [-0.4, -0.2) is 60.0 Å². The van der Waals surface area contributed by atoms with Gasteiger partial charge in [-0.1, -0.05) is 0 Å². The normalized spacial score (nSPS) is 34.8. The second-order valence-electron chi connectivity index (χ2n) is 4.60. The maximum Gasteiger partial charge on any atom is 0.418 e. The van der Waals surface area contributed by atoms with E-state index in [4.69, 9.17) is 4.55 Å². The number of carbonyl (C=O) groups excluding carboxylic acids is 2. The molecule has 0 saturated carbocycles. The van der Waals surface area contributed by atoms with E-state index in [0.29, 0.717) is 18.0 Å². The molecule has 0 aromatic carbocycles. The Labute approximate surface area is 103 Å². The maximum absolute atomic E-state index is 11.9. The van der Waals surface area contributed by atoms with Crippen LogP contribution in [0.3, 0.4) is 0 Å². The Morgan fingerprint density at radius 2 is 2.11 bits per heavy atom. The van der Waals surface area contributed by atoms with E-state index in [2.05, 4.69) is 9.60 Å². The van der Waals surface area contributed by atoms with E-state index in [1.807, 2.05) is 0 Å². The molecule has 3 rings (SSSR count). The third-order valence-corrected chi connectivity index (χ3v) is 3.86. The third-order valence-electron chi connectivity index (χ3n) is 3.51. The van der Waals surface area contributed by atoms with Crippen LogP contribution in [0.15, 0.2) is 0 Å². The molecule has 3 amide bonds. The highest BCUT2D eigenvalue weighted by atomic mass is 32.3. The minimum absolute atomic E-state index is 0.0461. The number of carbonyl (C=O) groups is 2. The smallest absolute Gasteiger partial charge is 0.354 e. The Morgan fingerprint density at radius 1 is 1.39 bits per heavy atom. The molecule has 0 aliphatic carbocycles. The van der Waals surface area contributed by atoms with Crippen molar-refractivity contribution in [1.82, 2.24) is 15.3 Å². The van der Waals surface area contributed by atoms with Gasteiger partial charge >= 0.3 is 16.4 Å². The number of urea groups is 1. The minimum atomic E-state index is -4.74. The van der Waals surface area contributed by atoms with Gasteiger partial charge in [-0.2, -0.15) is 13.5 Å². The van der Waals surface area contributed by atoms with Crippen molar-refractivity contribution in [2.75, 3.05) is 13.1 Å². The molecule has 9 nitrogen and oxygen atoms in total. The van der Waals surface area contributed by atoms with Crippen LogP contribution < -0.4 is 5.32 Å².